The normalized spacial score (nSPS) is 11.7. The molecule has 0 aliphatic rings. The standard InChI is InChI=1S/C10H21O4P/c1-4-5-6-7-8-10(11)9-15(12,13-2)14-3/h4-9H2,1-3H3. The number of carbonyl (C=O) groups is 1. The molecule has 90 valence electrons. The Labute approximate surface area is 91.9 Å². The third-order valence-electron chi connectivity index (χ3n) is 2.24. The van der Waals surface area contributed by atoms with Crippen molar-refractivity contribution in [3.05, 3.63) is 0 Å². The average Bonchev–Trinajstić information content (AvgIpc) is 2.24. The summed E-state index contributed by atoms with van der Waals surface area (Å²) in [4.78, 5) is 11.4. The van der Waals surface area contributed by atoms with Crippen molar-refractivity contribution < 1.29 is 18.4 Å². The third-order valence-corrected chi connectivity index (χ3v) is 4.09. The maximum absolute atomic E-state index is 11.6. The molecule has 0 fully saturated rings. The maximum atomic E-state index is 11.6. The Bertz CT molecular complexity index is 219. The van der Waals surface area contributed by atoms with Gasteiger partial charge in [-0.25, -0.2) is 0 Å². The van der Waals surface area contributed by atoms with Crippen molar-refractivity contribution in [3.8, 4) is 0 Å². The van der Waals surface area contributed by atoms with Gasteiger partial charge in [0.15, 0.2) is 0 Å². The highest BCUT2D eigenvalue weighted by Gasteiger charge is 2.24. The van der Waals surface area contributed by atoms with Crippen LogP contribution in [0.1, 0.15) is 39.0 Å². The molecule has 0 saturated carbocycles. The van der Waals surface area contributed by atoms with E-state index in [2.05, 4.69) is 6.92 Å². The lowest BCUT2D eigenvalue weighted by atomic mass is 10.1. The fraction of sp³-hybridized carbons (Fsp3) is 0.900. The van der Waals surface area contributed by atoms with Crippen LogP contribution in [0.3, 0.4) is 0 Å². The van der Waals surface area contributed by atoms with Gasteiger partial charge in [0.1, 0.15) is 11.9 Å². The van der Waals surface area contributed by atoms with Gasteiger partial charge < -0.3 is 9.05 Å². The highest BCUT2D eigenvalue weighted by molar-refractivity contribution is 7.54. The quantitative estimate of drug-likeness (QED) is 0.456. The minimum Gasteiger partial charge on any atom is -0.312 e. The van der Waals surface area contributed by atoms with Crippen molar-refractivity contribution in [2.45, 2.75) is 39.0 Å². The molecule has 0 N–H and O–H groups in total. The second-order valence-electron chi connectivity index (χ2n) is 3.48. The molecule has 0 aliphatic heterocycles. The predicted molar refractivity (Wildman–Crippen MR) is 60.3 cm³/mol. The van der Waals surface area contributed by atoms with Crippen LogP contribution in [-0.2, 0) is 18.4 Å². The SMILES string of the molecule is CCCCCCC(=O)CP(=O)(OC)OC. The first-order chi connectivity index (χ1) is 7.08. The van der Waals surface area contributed by atoms with E-state index in [1.54, 1.807) is 0 Å². The molecule has 0 aromatic carbocycles. The number of ketones is 1. The summed E-state index contributed by atoms with van der Waals surface area (Å²) in [6.45, 7) is 2.12. The molecule has 5 heteroatoms. The number of unbranched alkanes of at least 4 members (excludes halogenated alkanes) is 3. The molecule has 0 aromatic heterocycles. The van der Waals surface area contributed by atoms with Crippen molar-refractivity contribution in [2.75, 3.05) is 20.4 Å². The molecule has 0 unspecified atom stereocenters. The molecule has 0 spiro atoms. The number of carbonyl (C=O) groups excluding carboxylic acids is 1. The van der Waals surface area contributed by atoms with Crippen molar-refractivity contribution in [1.29, 1.82) is 0 Å². The van der Waals surface area contributed by atoms with E-state index in [0.717, 1.165) is 25.7 Å². The molecule has 0 aliphatic carbocycles. The Kier molecular flexibility index (Phi) is 7.93. The number of hydrogen-bond acceptors (Lipinski definition) is 4. The minimum atomic E-state index is -3.14. The summed E-state index contributed by atoms with van der Waals surface area (Å²) in [5.41, 5.74) is 0. The molecular weight excluding hydrogens is 215 g/mol. The zero-order chi connectivity index (χ0) is 11.7. The molecule has 0 bridgehead atoms. The van der Waals surface area contributed by atoms with Gasteiger partial charge in [-0.1, -0.05) is 26.2 Å². The highest BCUT2D eigenvalue weighted by atomic mass is 31.2. The van der Waals surface area contributed by atoms with E-state index in [1.807, 2.05) is 0 Å². The zero-order valence-electron chi connectivity index (χ0n) is 9.82. The van der Waals surface area contributed by atoms with Gasteiger partial charge in [0.2, 0.25) is 0 Å². The maximum Gasteiger partial charge on any atom is 0.337 e. The minimum absolute atomic E-state index is 0.0434. The van der Waals surface area contributed by atoms with Crippen LogP contribution in [-0.4, -0.2) is 26.2 Å². The van der Waals surface area contributed by atoms with E-state index < -0.39 is 7.60 Å². The van der Waals surface area contributed by atoms with Crippen LogP contribution in [0.15, 0.2) is 0 Å². The van der Waals surface area contributed by atoms with Crippen LogP contribution in [0, 0.1) is 0 Å². The van der Waals surface area contributed by atoms with E-state index in [4.69, 9.17) is 9.05 Å². The molecule has 0 atom stereocenters. The first-order valence-electron chi connectivity index (χ1n) is 5.30. The summed E-state index contributed by atoms with van der Waals surface area (Å²) >= 11 is 0. The van der Waals surface area contributed by atoms with Crippen LogP contribution in [0.25, 0.3) is 0 Å². The predicted octanol–water partition coefficient (Wildman–Crippen LogP) is 3.01. The van der Waals surface area contributed by atoms with Gasteiger partial charge in [0.25, 0.3) is 0 Å². The van der Waals surface area contributed by atoms with Crippen molar-refractivity contribution >= 4 is 13.4 Å². The summed E-state index contributed by atoms with van der Waals surface area (Å²) in [6, 6.07) is 0. The topological polar surface area (TPSA) is 52.6 Å². The fourth-order valence-corrected chi connectivity index (χ4v) is 2.24. The first-order valence-corrected chi connectivity index (χ1v) is 7.03. The Morgan fingerprint density at radius 2 is 1.73 bits per heavy atom. The molecule has 0 aromatic rings. The van der Waals surface area contributed by atoms with E-state index >= 15 is 0 Å². The Hall–Kier alpha value is -0.180. The summed E-state index contributed by atoms with van der Waals surface area (Å²) in [5, 5.41) is 0. The van der Waals surface area contributed by atoms with Gasteiger partial charge in [0, 0.05) is 20.6 Å². The molecule has 4 nitrogen and oxygen atoms in total. The monoisotopic (exact) mass is 236 g/mol. The smallest absolute Gasteiger partial charge is 0.312 e. The Morgan fingerprint density at radius 3 is 2.20 bits per heavy atom. The lowest BCUT2D eigenvalue weighted by Crippen LogP contribution is -2.07. The van der Waals surface area contributed by atoms with Gasteiger partial charge in [0.05, 0.1) is 0 Å². The summed E-state index contributed by atoms with van der Waals surface area (Å²) in [5.74, 6) is -0.0434. The van der Waals surface area contributed by atoms with Crippen LogP contribution >= 0.6 is 7.60 Å². The molecule has 0 rings (SSSR count). The van der Waals surface area contributed by atoms with Crippen molar-refractivity contribution in [1.82, 2.24) is 0 Å². The van der Waals surface area contributed by atoms with Crippen LogP contribution < -0.4 is 0 Å². The zero-order valence-corrected chi connectivity index (χ0v) is 10.7. The number of hydrogen-bond donors (Lipinski definition) is 0. The summed E-state index contributed by atoms with van der Waals surface area (Å²) < 4.78 is 21.0. The van der Waals surface area contributed by atoms with Gasteiger partial charge >= 0.3 is 7.60 Å². The molecule has 0 radical (unpaired) electrons. The van der Waals surface area contributed by atoms with Crippen molar-refractivity contribution in [2.24, 2.45) is 0 Å². The third kappa shape index (κ3) is 6.82. The van der Waals surface area contributed by atoms with E-state index in [-0.39, 0.29) is 11.9 Å². The second kappa shape index (κ2) is 8.03. The van der Waals surface area contributed by atoms with Gasteiger partial charge in [-0.2, -0.15) is 0 Å². The lowest BCUT2D eigenvalue weighted by Gasteiger charge is -2.12. The molecular formula is C10H21O4P. The molecule has 0 saturated heterocycles. The van der Waals surface area contributed by atoms with E-state index in [1.165, 1.54) is 14.2 Å². The van der Waals surface area contributed by atoms with Crippen molar-refractivity contribution in [3.63, 3.8) is 0 Å². The van der Waals surface area contributed by atoms with Gasteiger partial charge in [-0.15, -0.1) is 0 Å². The molecule has 0 heterocycles. The average molecular weight is 236 g/mol. The number of rotatable bonds is 9. The van der Waals surface area contributed by atoms with Crippen LogP contribution in [0.5, 0.6) is 0 Å². The second-order valence-corrected chi connectivity index (χ2v) is 5.75. The first kappa shape index (κ1) is 14.8. The summed E-state index contributed by atoms with van der Waals surface area (Å²) in [7, 11) is -0.542. The summed E-state index contributed by atoms with van der Waals surface area (Å²) in [6.07, 6.45) is 4.55. The van der Waals surface area contributed by atoms with E-state index in [9.17, 15) is 9.36 Å². The van der Waals surface area contributed by atoms with Crippen LogP contribution in [0.2, 0.25) is 0 Å². The van der Waals surface area contributed by atoms with Gasteiger partial charge in [-0.3, -0.25) is 9.36 Å². The lowest BCUT2D eigenvalue weighted by molar-refractivity contribution is -0.117. The Morgan fingerprint density at radius 1 is 1.13 bits per heavy atom. The van der Waals surface area contributed by atoms with Crippen LogP contribution in [0.4, 0.5) is 0 Å². The van der Waals surface area contributed by atoms with Gasteiger partial charge in [-0.05, 0) is 6.42 Å². The fourth-order valence-electron chi connectivity index (χ4n) is 1.25. The Balaban J connectivity index is 3.78. The largest absolute Gasteiger partial charge is 0.337 e. The highest BCUT2D eigenvalue weighted by Crippen LogP contribution is 2.46. The number of Topliss-reactive ketones (excluding diaryl/α,β-unsaturated/α-hetero) is 1. The van der Waals surface area contributed by atoms with E-state index in [0.29, 0.717) is 6.42 Å². The molecule has 0 amide bonds. The molecule has 15 heavy (non-hydrogen) atoms.